The Labute approximate surface area is 171 Å². The fraction of sp³-hybridized carbons (Fsp3) is 0.739. The van der Waals surface area contributed by atoms with Crippen LogP contribution in [0.3, 0.4) is 0 Å². The Balaban J connectivity index is 1.77. The monoisotopic (exact) mass is 392 g/mol. The van der Waals surface area contributed by atoms with Crippen LogP contribution in [0, 0.1) is 5.41 Å². The standard InChI is InChI=1S/C23H40N2O3/c1-22(2,3)18-23(4,5)19-6-8-21(9-7-19)28-17-20(27)16-25-12-10-24(11-13-25)14-15-26/h6-9,20,26-27H,10-18H2,1-5H3/t20-/m1/s1. The van der Waals surface area contributed by atoms with Crippen molar-refractivity contribution in [2.45, 2.75) is 52.6 Å². The van der Waals surface area contributed by atoms with Crippen molar-refractivity contribution in [3.63, 3.8) is 0 Å². The molecule has 0 bridgehead atoms. The van der Waals surface area contributed by atoms with Gasteiger partial charge in [-0.05, 0) is 34.9 Å². The van der Waals surface area contributed by atoms with Gasteiger partial charge in [0.25, 0.3) is 0 Å². The van der Waals surface area contributed by atoms with Gasteiger partial charge in [-0.25, -0.2) is 0 Å². The first-order valence-electron chi connectivity index (χ1n) is 10.6. The van der Waals surface area contributed by atoms with Crippen LogP contribution in [0.15, 0.2) is 24.3 Å². The SMILES string of the molecule is CC(C)(C)CC(C)(C)c1ccc(OC[C@H](O)CN2CCN(CCO)CC2)cc1. The topological polar surface area (TPSA) is 56.2 Å². The molecule has 2 N–H and O–H groups in total. The van der Waals surface area contributed by atoms with Crippen molar-refractivity contribution in [2.24, 2.45) is 5.41 Å². The molecular weight excluding hydrogens is 352 g/mol. The van der Waals surface area contributed by atoms with Crippen molar-refractivity contribution in [3.05, 3.63) is 29.8 Å². The second-order valence-corrected chi connectivity index (χ2v) is 9.98. The van der Waals surface area contributed by atoms with Crippen LogP contribution in [0.2, 0.25) is 0 Å². The number of hydrogen-bond acceptors (Lipinski definition) is 5. The Morgan fingerprint density at radius 2 is 1.54 bits per heavy atom. The van der Waals surface area contributed by atoms with Crippen LogP contribution in [-0.4, -0.2) is 78.6 Å². The summed E-state index contributed by atoms with van der Waals surface area (Å²) < 4.78 is 5.82. The third-order valence-corrected chi connectivity index (χ3v) is 5.40. The minimum absolute atomic E-state index is 0.120. The molecule has 28 heavy (non-hydrogen) atoms. The lowest BCUT2D eigenvalue weighted by Gasteiger charge is -2.35. The molecule has 0 radical (unpaired) electrons. The molecule has 5 nitrogen and oxygen atoms in total. The minimum atomic E-state index is -0.499. The van der Waals surface area contributed by atoms with E-state index in [-0.39, 0.29) is 17.4 Å². The van der Waals surface area contributed by atoms with Gasteiger partial charge in [0.15, 0.2) is 0 Å². The van der Waals surface area contributed by atoms with Gasteiger partial charge in [0.2, 0.25) is 0 Å². The summed E-state index contributed by atoms with van der Waals surface area (Å²) in [7, 11) is 0. The second-order valence-electron chi connectivity index (χ2n) is 9.98. The average molecular weight is 393 g/mol. The highest BCUT2D eigenvalue weighted by atomic mass is 16.5. The van der Waals surface area contributed by atoms with Crippen molar-refractivity contribution in [3.8, 4) is 5.75 Å². The molecule has 0 aliphatic carbocycles. The normalized spacial score (nSPS) is 18.2. The van der Waals surface area contributed by atoms with Crippen molar-refractivity contribution < 1.29 is 14.9 Å². The van der Waals surface area contributed by atoms with E-state index in [0.29, 0.717) is 13.2 Å². The zero-order chi connectivity index (χ0) is 20.8. The zero-order valence-corrected chi connectivity index (χ0v) is 18.4. The van der Waals surface area contributed by atoms with E-state index in [1.807, 2.05) is 12.1 Å². The molecule has 1 aliphatic rings. The van der Waals surface area contributed by atoms with Gasteiger partial charge >= 0.3 is 0 Å². The first kappa shape index (κ1) is 23.1. The van der Waals surface area contributed by atoms with Gasteiger partial charge in [-0.15, -0.1) is 0 Å². The van der Waals surface area contributed by atoms with Crippen LogP contribution < -0.4 is 4.74 Å². The molecule has 1 aromatic rings. The van der Waals surface area contributed by atoms with E-state index >= 15 is 0 Å². The van der Waals surface area contributed by atoms with Gasteiger partial charge in [0, 0.05) is 39.3 Å². The summed E-state index contributed by atoms with van der Waals surface area (Å²) in [4.78, 5) is 4.52. The minimum Gasteiger partial charge on any atom is -0.491 e. The number of ether oxygens (including phenoxy) is 1. The molecule has 0 unspecified atom stereocenters. The second kappa shape index (κ2) is 10.1. The van der Waals surface area contributed by atoms with E-state index in [0.717, 1.165) is 44.9 Å². The van der Waals surface area contributed by atoms with E-state index in [1.165, 1.54) is 5.56 Å². The van der Waals surface area contributed by atoms with E-state index in [4.69, 9.17) is 9.84 Å². The van der Waals surface area contributed by atoms with E-state index in [1.54, 1.807) is 0 Å². The molecule has 2 rings (SSSR count). The van der Waals surface area contributed by atoms with Crippen LogP contribution >= 0.6 is 0 Å². The Morgan fingerprint density at radius 1 is 0.964 bits per heavy atom. The van der Waals surface area contributed by atoms with E-state index in [2.05, 4.69) is 56.6 Å². The van der Waals surface area contributed by atoms with Gasteiger partial charge in [-0.1, -0.05) is 46.8 Å². The fourth-order valence-electron chi connectivity index (χ4n) is 4.31. The molecular formula is C23H40N2O3. The summed E-state index contributed by atoms with van der Waals surface area (Å²) in [6, 6.07) is 8.32. The molecule has 0 spiro atoms. The molecule has 1 aliphatic heterocycles. The predicted octanol–water partition coefficient (Wildman–Crippen LogP) is 2.75. The highest BCUT2D eigenvalue weighted by Crippen LogP contribution is 2.36. The third kappa shape index (κ3) is 7.70. The van der Waals surface area contributed by atoms with Crippen LogP contribution in [-0.2, 0) is 5.41 Å². The lowest BCUT2D eigenvalue weighted by molar-refractivity contribution is 0.0428. The van der Waals surface area contributed by atoms with Gasteiger partial charge in [-0.3, -0.25) is 9.80 Å². The Hall–Kier alpha value is -1.14. The van der Waals surface area contributed by atoms with E-state index in [9.17, 15) is 5.11 Å². The smallest absolute Gasteiger partial charge is 0.119 e. The number of aliphatic hydroxyl groups is 2. The molecule has 160 valence electrons. The van der Waals surface area contributed by atoms with Crippen molar-refractivity contribution in [1.82, 2.24) is 9.80 Å². The quantitative estimate of drug-likeness (QED) is 0.677. The number of hydrogen-bond donors (Lipinski definition) is 2. The summed E-state index contributed by atoms with van der Waals surface area (Å²) in [6.45, 7) is 17.0. The Kier molecular flexibility index (Phi) is 8.31. The molecule has 0 aromatic heterocycles. The summed E-state index contributed by atoms with van der Waals surface area (Å²) in [6.07, 6.45) is 0.617. The number of β-amino-alcohol motifs (C(OH)–C–C–N with tert-alkyl or cyclic N) is 2. The number of rotatable bonds is 9. The molecule has 5 heteroatoms. The largest absolute Gasteiger partial charge is 0.491 e. The fourth-order valence-corrected chi connectivity index (χ4v) is 4.31. The third-order valence-electron chi connectivity index (χ3n) is 5.40. The first-order valence-corrected chi connectivity index (χ1v) is 10.6. The van der Waals surface area contributed by atoms with Crippen molar-refractivity contribution in [1.29, 1.82) is 0 Å². The highest BCUT2D eigenvalue weighted by molar-refractivity contribution is 5.31. The van der Waals surface area contributed by atoms with Crippen LogP contribution in [0.1, 0.15) is 46.6 Å². The number of piperazine rings is 1. The molecule has 0 amide bonds. The van der Waals surface area contributed by atoms with Gasteiger partial charge in [0.05, 0.1) is 6.61 Å². The Bertz CT molecular complexity index is 573. The molecule has 1 atom stereocenters. The van der Waals surface area contributed by atoms with Gasteiger partial charge in [0.1, 0.15) is 18.5 Å². The summed E-state index contributed by atoms with van der Waals surface area (Å²) >= 11 is 0. The molecule has 1 fully saturated rings. The molecule has 1 saturated heterocycles. The average Bonchev–Trinajstić information content (AvgIpc) is 2.60. The summed E-state index contributed by atoms with van der Waals surface area (Å²) in [5.41, 5.74) is 1.72. The predicted molar refractivity (Wildman–Crippen MR) is 115 cm³/mol. The maximum absolute atomic E-state index is 10.3. The highest BCUT2D eigenvalue weighted by Gasteiger charge is 2.27. The number of aliphatic hydroxyl groups excluding tert-OH is 2. The lowest BCUT2D eigenvalue weighted by atomic mass is 9.72. The first-order chi connectivity index (χ1) is 13.1. The summed E-state index contributed by atoms with van der Waals surface area (Å²) in [5, 5.41) is 19.3. The number of benzene rings is 1. The maximum atomic E-state index is 10.3. The Morgan fingerprint density at radius 3 is 2.07 bits per heavy atom. The molecule has 1 heterocycles. The molecule has 1 aromatic carbocycles. The van der Waals surface area contributed by atoms with Crippen molar-refractivity contribution in [2.75, 3.05) is 52.5 Å². The van der Waals surface area contributed by atoms with Crippen LogP contribution in [0.4, 0.5) is 0 Å². The zero-order valence-electron chi connectivity index (χ0n) is 18.4. The summed E-state index contributed by atoms with van der Waals surface area (Å²) in [5.74, 6) is 0.808. The van der Waals surface area contributed by atoms with Gasteiger partial charge in [-0.2, -0.15) is 0 Å². The maximum Gasteiger partial charge on any atom is 0.119 e. The van der Waals surface area contributed by atoms with Crippen molar-refractivity contribution >= 4 is 0 Å². The number of nitrogens with zero attached hydrogens (tertiary/aromatic N) is 2. The van der Waals surface area contributed by atoms with Crippen LogP contribution in [0.25, 0.3) is 0 Å². The lowest BCUT2D eigenvalue weighted by Crippen LogP contribution is -2.49. The van der Waals surface area contributed by atoms with Gasteiger partial charge < -0.3 is 14.9 Å². The van der Waals surface area contributed by atoms with E-state index < -0.39 is 6.10 Å². The van der Waals surface area contributed by atoms with Crippen LogP contribution in [0.5, 0.6) is 5.75 Å². The molecule has 0 saturated carbocycles.